The van der Waals surface area contributed by atoms with Crippen LogP contribution in [0.15, 0.2) is 22.7 Å². The van der Waals surface area contributed by atoms with Crippen molar-refractivity contribution in [2.24, 2.45) is 0 Å². The number of hydrogen-bond acceptors (Lipinski definition) is 7. The number of benzene rings is 1. The van der Waals surface area contributed by atoms with Gasteiger partial charge in [0.05, 0.1) is 23.1 Å². The van der Waals surface area contributed by atoms with E-state index in [0.717, 1.165) is 0 Å². The third kappa shape index (κ3) is 2.84. The molecular weight excluding hydrogens is 250 g/mol. The van der Waals surface area contributed by atoms with Crippen LogP contribution in [0.3, 0.4) is 0 Å². The molecule has 1 heterocycles. The Kier molecular flexibility index (Phi) is 3.38. The van der Waals surface area contributed by atoms with Gasteiger partial charge in [-0.3, -0.25) is 10.1 Å². The van der Waals surface area contributed by atoms with Gasteiger partial charge in [0.1, 0.15) is 5.69 Å². The number of rotatable bonds is 4. The first-order chi connectivity index (χ1) is 9.10. The van der Waals surface area contributed by atoms with Crippen molar-refractivity contribution >= 4 is 11.4 Å². The molecule has 8 nitrogen and oxygen atoms in total. The van der Waals surface area contributed by atoms with Crippen LogP contribution in [0.2, 0.25) is 0 Å². The van der Waals surface area contributed by atoms with Crippen LogP contribution in [-0.2, 0) is 6.54 Å². The van der Waals surface area contributed by atoms with Crippen molar-refractivity contribution in [3.05, 3.63) is 45.6 Å². The number of anilines is 1. The van der Waals surface area contributed by atoms with Crippen LogP contribution in [0, 0.1) is 28.4 Å². The topological polar surface area (TPSA) is 118 Å². The predicted octanol–water partition coefficient (Wildman–Crippen LogP) is 1.77. The van der Waals surface area contributed by atoms with E-state index < -0.39 is 4.92 Å². The number of aryl methyl sites for hydroxylation is 1. The smallest absolute Gasteiger partial charge is 0.293 e. The minimum absolute atomic E-state index is 0.171. The van der Waals surface area contributed by atoms with Crippen LogP contribution >= 0.6 is 0 Å². The summed E-state index contributed by atoms with van der Waals surface area (Å²) >= 11 is 0. The van der Waals surface area contributed by atoms with Crippen molar-refractivity contribution in [1.29, 1.82) is 5.26 Å². The molecule has 8 heteroatoms. The maximum absolute atomic E-state index is 10.9. The molecule has 0 aliphatic heterocycles. The number of nitrogens with zero attached hydrogens (tertiary/aromatic N) is 4. The molecule has 0 saturated carbocycles. The number of nitrogens with one attached hydrogen (secondary N) is 1. The van der Waals surface area contributed by atoms with E-state index in [0.29, 0.717) is 17.4 Å². The Balaban J connectivity index is 2.20. The molecule has 1 aromatic heterocycles. The molecule has 0 fully saturated rings. The fourth-order valence-electron chi connectivity index (χ4n) is 1.48. The summed E-state index contributed by atoms with van der Waals surface area (Å²) in [5.41, 5.74) is 0.348. The quantitative estimate of drug-likeness (QED) is 0.656. The Hall–Kier alpha value is -2.95. The lowest BCUT2D eigenvalue weighted by Gasteiger charge is -2.04. The van der Waals surface area contributed by atoms with Crippen LogP contribution in [-0.4, -0.2) is 15.1 Å². The first-order valence-corrected chi connectivity index (χ1v) is 5.32. The van der Waals surface area contributed by atoms with Gasteiger partial charge in [0.15, 0.2) is 5.82 Å². The molecule has 96 valence electrons. The van der Waals surface area contributed by atoms with Gasteiger partial charge in [-0.05, 0) is 19.1 Å². The van der Waals surface area contributed by atoms with Gasteiger partial charge < -0.3 is 9.84 Å². The van der Waals surface area contributed by atoms with Gasteiger partial charge in [-0.25, -0.2) is 0 Å². The molecule has 0 unspecified atom stereocenters. The average Bonchev–Trinajstić information content (AvgIpc) is 2.82. The number of aromatic nitrogens is 2. The third-order valence-electron chi connectivity index (χ3n) is 2.32. The van der Waals surface area contributed by atoms with Gasteiger partial charge in [0.2, 0.25) is 5.89 Å². The van der Waals surface area contributed by atoms with Crippen molar-refractivity contribution < 1.29 is 9.45 Å². The summed E-state index contributed by atoms with van der Waals surface area (Å²) in [6.07, 6.45) is 0. The molecule has 2 rings (SSSR count). The summed E-state index contributed by atoms with van der Waals surface area (Å²) in [7, 11) is 0. The van der Waals surface area contributed by atoms with Crippen LogP contribution in [0.4, 0.5) is 11.4 Å². The number of nitro benzene ring substituents is 1. The van der Waals surface area contributed by atoms with Crippen molar-refractivity contribution in [2.45, 2.75) is 13.5 Å². The maximum atomic E-state index is 10.9. The van der Waals surface area contributed by atoms with E-state index in [4.69, 9.17) is 9.78 Å². The Morgan fingerprint density at radius 2 is 2.37 bits per heavy atom. The van der Waals surface area contributed by atoms with E-state index in [1.807, 2.05) is 6.07 Å². The van der Waals surface area contributed by atoms with Crippen molar-refractivity contribution in [2.75, 3.05) is 5.32 Å². The van der Waals surface area contributed by atoms with E-state index >= 15 is 0 Å². The highest BCUT2D eigenvalue weighted by atomic mass is 16.6. The lowest BCUT2D eigenvalue weighted by molar-refractivity contribution is -0.384. The van der Waals surface area contributed by atoms with E-state index in [1.54, 1.807) is 6.92 Å². The normalized spacial score (nSPS) is 9.89. The Morgan fingerprint density at radius 3 is 2.95 bits per heavy atom. The Bertz CT molecular complexity index is 659. The molecule has 1 N–H and O–H groups in total. The summed E-state index contributed by atoms with van der Waals surface area (Å²) in [6, 6.07) is 6.03. The van der Waals surface area contributed by atoms with Gasteiger partial charge in [0, 0.05) is 6.07 Å². The summed E-state index contributed by atoms with van der Waals surface area (Å²) in [5, 5.41) is 26.1. The average molecular weight is 259 g/mol. The monoisotopic (exact) mass is 259 g/mol. The molecule has 0 radical (unpaired) electrons. The molecule has 0 saturated heterocycles. The molecule has 0 atom stereocenters. The lowest BCUT2D eigenvalue weighted by atomic mass is 10.2. The van der Waals surface area contributed by atoms with Gasteiger partial charge in [-0.2, -0.15) is 10.2 Å². The van der Waals surface area contributed by atoms with Gasteiger partial charge >= 0.3 is 0 Å². The van der Waals surface area contributed by atoms with Crippen molar-refractivity contribution in [3.63, 3.8) is 0 Å². The van der Waals surface area contributed by atoms with E-state index in [2.05, 4.69) is 15.5 Å². The van der Waals surface area contributed by atoms with Gasteiger partial charge in [0.25, 0.3) is 5.69 Å². The summed E-state index contributed by atoms with van der Waals surface area (Å²) < 4.78 is 4.89. The van der Waals surface area contributed by atoms with Gasteiger partial charge in [-0.1, -0.05) is 5.16 Å². The number of nitriles is 1. The summed E-state index contributed by atoms with van der Waals surface area (Å²) in [5.74, 6) is 0.822. The molecule has 0 amide bonds. The highest BCUT2D eigenvalue weighted by molar-refractivity contribution is 5.63. The second-order valence-electron chi connectivity index (χ2n) is 3.69. The second-order valence-corrected chi connectivity index (χ2v) is 3.69. The van der Waals surface area contributed by atoms with E-state index in [9.17, 15) is 10.1 Å². The fraction of sp³-hybridized carbons (Fsp3) is 0.182. The Morgan fingerprint density at radius 1 is 1.58 bits per heavy atom. The Labute approximate surface area is 107 Å². The molecular formula is C11H9N5O3. The fourth-order valence-corrected chi connectivity index (χ4v) is 1.48. The lowest BCUT2D eigenvalue weighted by Crippen LogP contribution is -2.03. The third-order valence-corrected chi connectivity index (χ3v) is 2.32. The molecule has 0 bridgehead atoms. The maximum Gasteiger partial charge on any atom is 0.293 e. The summed E-state index contributed by atoms with van der Waals surface area (Å²) in [4.78, 5) is 14.3. The van der Waals surface area contributed by atoms with Crippen LogP contribution in [0.25, 0.3) is 0 Å². The van der Waals surface area contributed by atoms with E-state index in [1.165, 1.54) is 18.2 Å². The molecule has 2 aromatic rings. The molecule has 0 spiro atoms. The molecule has 19 heavy (non-hydrogen) atoms. The van der Waals surface area contributed by atoms with Crippen LogP contribution in [0.5, 0.6) is 0 Å². The highest BCUT2D eigenvalue weighted by Crippen LogP contribution is 2.25. The molecule has 1 aromatic carbocycles. The SMILES string of the molecule is Cc1noc(CNc2ccc(C#N)cc2[N+](=O)[O-])n1. The molecule has 0 aliphatic carbocycles. The predicted molar refractivity (Wildman–Crippen MR) is 64.2 cm³/mol. The van der Waals surface area contributed by atoms with Crippen LogP contribution in [0.1, 0.15) is 17.3 Å². The van der Waals surface area contributed by atoms with Crippen molar-refractivity contribution in [1.82, 2.24) is 10.1 Å². The summed E-state index contributed by atoms with van der Waals surface area (Å²) in [6.45, 7) is 1.85. The largest absolute Gasteiger partial charge is 0.371 e. The van der Waals surface area contributed by atoms with Crippen molar-refractivity contribution in [3.8, 4) is 6.07 Å². The van der Waals surface area contributed by atoms with E-state index in [-0.39, 0.29) is 17.8 Å². The minimum Gasteiger partial charge on any atom is -0.371 e. The second kappa shape index (κ2) is 5.14. The standard InChI is InChI=1S/C11H9N5O3/c1-7-14-11(19-15-7)6-13-9-3-2-8(5-12)4-10(9)16(17)18/h2-4,13H,6H2,1H3. The number of nitro groups is 1. The number of hydrogen-bond donors (Lipinski definition) is 1. The highest BCUT2D eigenvalue weighted by Gasteiger charge is 2.15. The zero-order chi connectivity index (χ0) is 13.8. The van der Waals surface area contributed by atoms with Gasteiger partial charge in [-0.15, -0.1) is 0 Å². The zero-order valence-electron chi connectivity index (χ0n) is 9.95. The zero-order valence-corrected chi connectivity index (χ0v) is 9.95. The van der Waals surface area contributed by atoms with Crippen LogP contribution < -0.4 is 5.32 Å². The molecule has 0 aliphatic rings. The first kappa shape index (κ1) is 12.5. The first-order valence-electron chi connectivity index (χ1n) is 5.32. The minimum atomic E-state index is -0.553.